The molecule has 2 rings (SSSR count). The van der Waals surface area contributed by atoms with E-state index in [1.54, 1.807) is 10.9 Å². The van der Waals surface area contributed by atoms with E-state index < -0.39 is 5.54 Å². The first-order valence-electron chi connectivity index (χ1n) is 7.04. The van der Waals surface area contributed by atoms with Crippen LogP contribution in [0.4, 0.5) is 0 Å². The molecule has 1 atom stereocenters. The van der Waals surface area contributed by atoms with Gasteiger partial charge in [-0.3, -0.25) is 9.48 Å². The van der Waals surface area contributed by atoms with Crippen LogP contribution in [-0.2, 0) is 0 Å². The molecule has 1 saturated heterocycles. The Morgan fingerprint density at radius 1 is 1.63 bits per heavy atom. The molecule has 0 saturated carbocycles. The third-order valence-corrected chi connectivity index (χ3v) is 4.09. The van der Waals surface area contributed by atoms with Crippen LogP contribution in [0.1, 0.15) is 63.0 Å². The summed E-state index contributed by atoms with van der Waals surface area (Å²) >= 11 is 6.19. The number of rotatable bonds is 5. The summed E-state index contributed by atoms with van der Waals surface area (Å²) in [5, 5.41) is 8.10. The second-order valence-electron chi connectivity index (χ2n) is 5.57. The number of carbonyl (C=O) groups is 1. The lowest BCUT2D eigenvalue weighted by atomic mass is 9.85. The molecule has 1 aromatic heterocycles. The molecule has 0 aliphatic carbocycles. The number of halogens is 1. The molecule has 1 aliphatic rings. The molecular formula is C14H22ClN3O. The molecular weight excluding hydrogens is 262 g/mol. The zero-order valence-electron chi connectivity index (χ0n) is 11.9. The van der Waals surface area contributed by atoms with Crippen molar-refractivity contribution in [1.29, 1.82) is 0 Å². The highest BCUT2D eigenvalue weighted by Crippen LogP contribution is 2.32. The monoisotopic (exact) mass is 283 g/mol. The molecule has 106 valence electrons. The van der Waals surface area contributed by atoms with Crippen LogP contribution in [0.2, 0.25) is 5.02 Å². The zero-order valence-corrected chi connectivity index (χ0v) is 12.6. The minimum atomic E-state index is -0.439. The Morgan fingerprint density at radius 3 is 2.89 bits per heavy atom. The average Bonchev–Trinajstić information content (AvgIpc) is 2.96. The van der Waals surface area contributed by atoms with Crippen molar-refractivity contribution in [3.05, 3.63) is 16.9 Å². The van der Waals surface area contributed by atoms with Gasteiger partial charge in [-0.15, -0.1) is 0 Å². The summed E-state index contributed by atoms with van der Waals surface area (Å²) in [4.78, 5) is 13.0. The van der Waals surface area contributed by atoms with Gasteiger partial charge in [-0.2, -0.15) is 5.10 Å². The summed E-state index contributed by atoms with van der Waals surface area (Å²) in [7, 11) is 0. The lowest BCUT2D eigenvalue weighted by Gasteiger charge is -2.28. The van der Waals surface area contributed by atoms with Crippen molar-refractivity contribution in [3.8, 4) is 0 Å². The fraction of sp³-hybridized carbons (Fsp3) is 0.714. The Hall–Kier alpha value is -0.870. The maximum atomic E-state index is 13.0. The van der Waals surface area contributed by atoms with Gasteiger partial charge < -0.3 is 5.32 Å². The molecule has 0 spiro atoms. The fourth-order valence-electron chi connectivity index (χ4n) is 2.93. The first kappa shape index (κ1) is 14.5. The Morgan fingerprint density at radius 2 is 2.37 bits per heavy atom. The van der Waals surface area contributed by atoms with Crippen molar-refractivity contribution < 1.29 is 4.79 Å². The molecule has 0 amide bonds. The van der Waals surface area contributed by atoms with E-state index in [0.717, 1.165) is 32.2 Å². The van der Waals surface area contributed by atoms with Crippen LogP contribution in [0.3, 0.4) is 0 Å². The normalized spacial score (nSPS) is 23.2. The molecule has 1 aliphatic heterocycles. The van der Waals surface area contributed by atoms with Gasteiger partial charge in [-0.25, -0.2) is 0 Å². The minimum absolute atomic E-state index is 0.100. The predicted octanol–water partition coefficient (Wildman–Crippen LogP) is 3.22. The number of ketones is 1. The zero-order chi connectivity index (χ0) is 14.0. The molecule has 5 heteroatoms. The van der Waals surface area contributed by atoms with Gasteiger partial charge in [0, 0.05) is 6.04 Å². The van der Waals surface area contributed by atoms with Crippen LogP contribution < -0.4 is 5.32 Å². The van der Waals surface area contributed by atoms with E-state index in [9.17, 15) is 4.79 Å². The number of nitrogens with one attached hydrogen (secondary N) is 1. The van der Waals surface area contributed by atoms with E-state index in [4.69, 9.17) is 11.6 Å². The van der Waals surface area contributed by atoms with E-state index >= 15 is 0 Å². The molecule has 1 fully saturated rings. The van der Waals surface area contributed by atoms with Crippen LogP contribution >= 0.6 is 11.6 Å². The van der Waals surface area contributed by atoms with Crippen molar-refractivity contribution >= 4 is 17.4 Å². The summed E-state index contributed by atoms with van der Waals surface area (Å²) in [6.45, 7) is 7.03. The van der Waals surface area contributed by atoms with E-state index in [2.05, 4.69) is 17.3 Å². The van der Waals surface area contributed by atoms with Crippen LogP contribution in [0.15, 0.2) is 6.20 Å². The van der Waals surface area contributed by atoms with Gasteiger partial charge in [0.2, 0.25) is 5.78 Å². The SMILES string of the molecule is CCCC1(C(=O)c2c(Cl)cnn2C(C)C)CCCN1. The largest absolute Gasteiger partial charge is 0.305 e. The molecule has 2 heterocycles. The van der Waals surface area contributed by atoms with Crippen molar-refractivity contribution in [1.82, 2.24) is 15.1 Å². The highest BCUT2D eigenvalue weighted by molar-refractivity contribution is 6.34. The summed E-state index contributed by atoms with van der Waals surface area (Å²) in [5.74, 6) is 0.100. The number of carbonyl (C=O) groups excluding carboxylic acids is 1. The number of Topliss-reactive ketones (excluding diaryl/α,β-unsaturated/α-hetero) is 1. The molecule has 1 unspecified atom stereocenters. The first-order valence-corrected chi connectivity index (χ1v) is 7.42. The fourth-order valence-corrected chi connectivity index (χ4v) is 3.14. The molecule has 0 radical (unpaired) electrons. The summed E-state index contributed by atoms with van der Waals surface area (Å²) in [5.41, 5.74) is 0.116. The Balaban J connectivity index is 2.40. The van der Waals surface area contributed by atoms with Crippen molar-refractivity contribution in [2.45, 2.75) is 58.0 Å². The topological polar surface area (TPSA) is 46.9 Å². The van der Waals surface area contributed by atoms with Gasteiger partial charge in [0.1, 0.15) is 5.69 Å². The quantitative estimate of drug-likeness (QED) is 0.844. The van der Waals surface area contributed by atoms with E-state index in [1.807, 2.05) is 13.8 Å². The Bertz CT molecular complexity index is 461. The minimum Gasteiger partial charge on any atom is -0.305 e. The highest BCUT2D eigenvalue weighted by atomic mass is 35.5. The standard InChI is InChI=1S/C14H22ClN3O/c1-4-6-14(7-5-8-16-14)13(19)12-11(15)9-17-18(12)10(2)3/h9-10,16H,4-8H2,1-3H3. The number of nitrogens with zero attached hydrogens (tertiary/aromatic N) is 2. The highest BCUT2D eigenvalue weighted by Gasteiger charge is 2.42. The van der Waals surface area contributed by atoms with E-state index in [-0.39, 0.29) is 11.8 Å². The summed E-state index contributed by atoms with van der Waals surface area (Å²) < 4.78 is 1.74. The van der Waals surface area contributed by atoms with Crippen LogP contribution in [0, 0.1) is 0 Å². The molecule has 0 bridgehead atoms. The first-order chi connectivity index (χ1) is 9.02. The van der Waals surface area contributed by atoms with Gasteiger partial charge in [0.05, 0.1) is 16.8 Å². The second kappa shape index (κ2) is 5.63. The van der Waals surface area contributed by atoms with E-state index in [0.29, 0.717) is 10.7 Å². The molecule has 0 aromatic carbocycles. The van der Waals surface area contributed by atoms with Crippen molar-refractivity contribution in [2.75, 3.05) is 6.54 Å². The predicted molar refractivity (Wildman–Crippen MR) is 76.8 cm³/mol. The number of aromatic nitrogens is 2. The molecule has 19 heavy (non-hydrogen) atoms. The van der Waals surface area contributed by atoms with Crippen LogP contribution in [-0.4, -0.2) is 27.6 Å². The van der Waals surface area contributed by atoms with E-state index in [1.165, 1.54) is 0 Å². The van der Waals surface area contributed by atoms with Gasteiger partial charge in [-0.1, -0.05) is 24.9 Å². The molecule has 1 aromatic rings. The molecule has 4 nitrogen and oxygen atoms in total. The summed E-state index contributed by atoms with van der Waals surface area (Å²) in [6.07, 6.45) is 5.33. The van der Waals surface area contributed by atoms with Crippen molar-refractivity contribution in [2.24, 2.45) is 0 Å². The third-order valence-electron chi connectivity index (χ3n) is 3.81. The van der Waals surface area contributed by atoms with Gasteiger partial charge >= 0.3 is 0 Å². The lowest BCUT2D eigenvalue weighted by molar-refractivity contribution is 0.0844. The van der Waals surface area contributed by atoms with Gasteiger partial charge in [0.15, 0.2) is 0 Å². The second-order valence-corrected chi connectivity index (χ2v) is 5.98. The Kier molecular flexibility index (Phi) is 4.31. The lowest BCUT2D eigenvalue weighted by Crippen LogP contribution is -2.48. The maximum Gasteiger partial charge on any atom is 0.202 e. The smallest absolute Gasteiger partial charge is 0.202 e. The average molecular weight is 284 g/mol. The third kappa shape index (κ3) is 2.56. The number of hydrogen-bond donors (Lipinski definition) is 1. The van der Waals surface area contributed by atoms with Gasteiger partial charge in [-0.05, 0) is 39.7 Å². The Labute approximate surface area is 119 Å². The number of hydrogen-bond acceptors (Lipinski definition) is 3. The van der Waals surface area contributed by atoms with Crippen LogP contribution in [0.5, 0.6) is 0 Å². The molecule has 1 N–H and O–H groups in total. The summed E-state index contributed by atoms with van der Waals surface area (Å²) in [6, 6.07) is 0.131. The van der Waals surface area contributed by atoms with Crippen molar-refractivity contribution in [3.63, 3.8) is 0 Å². The van der Waals surface area contributed by atoms with Crippen LogP contribution in [0.25, 0.3) is 0 Å². The van der Waals surface area contributed by atoms with Gasteiger partial charge in [0.25, 0.3) is 0 Å². The maximum absolute atomic E-state index is 13.0.